The molecule has 0 saturated carbocycles. The lowest BCUT2D eigenvalue weighted by Gasteiger charge is -2.20. The first-order chi connectivity index (χ1) is 19.9. The summed E-state index contributed by atoms with van der Waals surface area (Å²) in [6, 6.07) is 0. The molecule has 0 aromatic rings. The Kier molecular flexibility index (Phi) is 30.1. The van der Waals surface area contributed by atoms with Crippen LogP contribution in [0, 0.1) is 0 Å². The summed E-state index contributed by atoms with van der Waals surface area (Å²) in [5.74, 6) is -0.342. The number of rotatable bonds is 32. The first kappa shape index (κ1) is 40.2. The van der Waals surface area contributed by atoms with Gasteiger partial charge in [-0.05, 0) is 32.1 Å². The van der Waals surface area contributed by atoms with E-state index >= 15 is 0 Å². The summed E-state index contributed by atoms with van der Waals surface area (Å²) >= 11 is 0. The van der Waals surface area contributed by atoms with Crippen molar-refractivity contribution in [3.8, 4) is 0 Å². The zero-order valence-corrected chi connectivity index (χ0v) is 27.4. The van der Waals surface area contributed by atoms with E-state index in [0.29, 0.717) is 13.0 Å². The SMILES string of the molecule is CCC/C=C\CCCCCCCC(=O)OC(COCCCCCCCCCCCCCC)COP(=O)(O)OCCN. The molecule has 9 heteroatoms. The minimum absolute atomic E-state index is 0.0945. The summed E-state index contributed by atoms with van der Waals surface area (Å²) in [7, 11) is -4.26. The van der Waals surface area contributed by atoms with E-state index in [0.717, 1.165) is 51.4 Å². The van der Waals surface area contributed by atoms with Gasteiger partial charge in [0.2, 0.25) is 0 Å². The monoisotopic (exact) mass is 605 g/mol. The molecule has 0 aliphatic heterocycles. The van der Waals surface area contributed by atoms with Crippen LogP contribution in [0.25, 0.3) is 0 Å². The van der Waals surface area contributed by atoms with Gasteiger partial charge >= 0.3 is 13.8 Å². The molecule has 0 aliphatic carbocycles. The largest absolute Gasteiger partial charge is 0.472 e. The lowest BCUT2D eigenvalue weighted by Crippen LogP contribution is -2.28. The Morgan fingerprint density at radius 1 is 0.707 bits per heavy atom. The molecule has 0 aliphatic rings. The van der Waals surface area contributed by atoms with Crippen LogP contribution in [0.1, 0.15) is 149 Å². The molecule has 0 heterocycles. The van der Waals surface area contributed by atoms with Crippen molar-refractivity contribution in [1.82, 2.24) is 0 Å². The highest BCUT2D eigenvalue weighted by atomic mass is 31.2. The molecule has 0 aromatic heterocycles. The Bertz CT molecular complexity index is 648. The first-order valence-electron chi connectivity index (χ1n) is 16.7. The van der Waals surface area contributed by atoms with Crippen LogP contribution in [0.15, 0.2) is 12.2 Å². The fraction of sp³-hybridized carbons (Fsp3) is 0.906. The number of esters is 1. The zero-order valence-electron chi connectivity index (χ0n) is 26.5. The molecule has 2 unspecified atom stereocenters. The van der Waals surface area contributed by atoms with Gasteiger partial charge in [0.25, 0.3) is 0 Å². The number of hydrogen-bond donors (Lipinski definition) is 2. The Balaban J connectivity index is 4.14. The Morgan fingerprint density at radius 2 is 1.27 bits per heavy atom. The van der Waals surface area contributed by atoms with Crippen molar-refractivity contribution in [3.05, 3.63) is 12.2 Å². The molecule has 0 bridgehead atoms. The van der Waals surface area contributed by atoms with Crippen molar-refractivity contribution < 1.29 is 32.8 Å². The van der Waals surface area contributed by atoms with Crippen molar-refractivity contribution >= 4 is 13.8 Å². The molecule has 3 N–H and O–H groups in total. The predicted octanol–water partition coefficient (Wildman–Crippen LogP) is 8.80. The van der Waals surface area contributed by atoms with Crippen molar-refractivity contribution in [2.45, 2.75) is 155 Å². The van der Waals surface area contributed by atoms with Gasteiger partial charge in [0.15, 0.2) is 0 Å². The minimum Gasteiger partial charge on any atom is -0.457 e. The van der Waals surface area contributed by atoms with Gasteiger partial charge in [-0.3, -0.25) is 13.8 Å². The average Bonchev–Trinajstić information content (AvgIpc) is 2.96. The number of nitrogens with two attached hydrogens (primary N) is 1. The van der Waals surface area contributed by atoms with Crippen LogP contribution >= 0.6 is 7.82 Å². The Morgan fingerprint density at radius 3 is 1.88 bits per heavy atom. The van der Waals surface area contributed by atoms with E-state index < -0.39 is 13.9 Å². The number of allylic oxidation sites excluding steroid dienone is 2. The molecular weight excluding hydrogens is 541 g/mol. The molecule has 2 atom stereocenters. The van der Waals surface area contributed by atoms with E-state index in [9.17, 15) is 14.3 Å². The number of carbonyl (C=O) groups is 1. The molecule has 0 spiro atoms. The lowest BCUT2D eigenvalue weighted by molar-refractivity contribution is -0.154. The summed E-state index contributed by atoms with van der Waals surface area (Å²) in [6.45, 7) is 4.84. The molecular formula is C32H64NO7P. The molecule has 0 radical (unpaired) electrons. The van der Waals surface area contributed by atoms with Crippen LogP contribution in [0.3, 0.4) is 0 Å². The summed E-state index contributed by atoms with van der Waals surface area (Å²) in [5, 5.41) is 0. The number of phosphoric acid groups is 1. The molecule has 0 amide bonds. The molecule has 0 aromatic carbocycles. The second kappa shape index (κ2) is 30.7. The van der Waals surface area contributed by atoms with Gasteiger partial charge in [0.1, 0.15) is 6.10 Å². The molecule has 8 nitrogen and oxygen atoms in total. The van der Waals surface area contributed by atoms with Gasteiger partial charge in [-0.2, -0.15) is 0 Å². The maximum atomic E-state index is 12.4. The van der Waals surface area contributed by atoms with Gasteiger partial charge in [-0.25, -0.2) is 4.57 Å². The average molecular weight is 606 g/mol. The number of hydrogen-bond acceptors (Lipinski definition) is 7. The highest BCUT2D eigenvalue weighted by Gasteiger charge is 2.25. The zero-order chi connectivity index (χ0) is 30.3. The molecule has 0 rings (SSSR count). The summed E-state index contributed by atoms with van der Waals surface area (Å²) in [4.78, 5) is 22.2. The van der Waals surface area contributed by atoms with Gasteiger partial charge in [0.05, 0.1) is 19.8 Å². The maximum Gasteiger partial charge on any atom is 0.472 e. The van der Waals surface area contributed by atoms with E-state index in [1.54, 1.807) is 0 Å². The van der Waals surface area contributed by atoms with Crippen LogP contribution in [0.4, 0.5) is 0 Å². The van der Waals surface area contributed by atoms with Crippen LogP contribution in [0.5, 0.6) is 0 Å². The Hall–Kier alpha value is -0.760. The first-order valence-corrected chi connectivity index (χ1v) is 18.2. The van der Waals surface area contributed by atoms with E-state index in [1.165, 1.54) is 77.0 Å². The van der Waals surface area contributed by atoms with Crippen molar-refractivity contribution in [2.75, 3.05) is 33.0 Å². The van der Waals surface area contributed by atoms with Crippen LogP contribution in [-0.4, -0.2) is 49.9 Å². The fourth-order valence-corrected chi connectivity index (χ4v) is 5.23. The maximum absolute atomic E-state index is 12.4. The normalized spacial score (nSPS) is 14.0. The van der Waals surface area contributed by atoms with Crippen LogP contribution in [-0.2, 0) is 27.9 Å². The van der Waals surface area contributed by atoms with E-state index in [-0.39, 0.29) is 32.3 Å². The molecule has 41 heavy (non-hydrogen) atoms. The van der Waals surface area contributed by atoms with Crippen molar-refractivity contribution in [3.63, 3.8) is 0 Å². The minimum atomic E-state index is -4.26. The van der Waals surface area contributed by atoms with E-state index in [2.05, 4.69) is 26.0 Å². The highest BCUT2D eigenvalue weighted by molar-refractivity contribution is 7.47. The quantitative estimate of drug-likeness (QED) is 0.0338. The third kappa shape index (κ3) is 30.5. The van der Waals surface area contributed by atoms with E-state index in [1.807, 2.05) is 0 Å². The van der Waals surface area contributed by atoms with Gasteiger partial charge in [-0.1, -0.05) is 122 Å². The number of phosphoric ester groups is 1. The van der Waals surface area contributed by atoms with Gasteiger partial charge < -0.3 is 20.1 Å². The van der Waals surface area contributed by atoms with E-state index in [4.69, 9.17) is 24.3 Å². The summed E-state index contributed by atoms with van der Waals surface area (Å²) < 4.78 is 33.1. The topological polar surface area (TPSA) is 117 Å². The molecule has 244 valence electrons. The lowest BCUT2D eigenvalue weighted by atomic mass is 10.1. The predicted molar refractivity (Wildman–Crippen MR) is 169 cm³/mol. The third-order valence-corrected chi connectivity index (χ3v) is 7.90. The van der Waals surface area contributed by atoms with Gasteiger partial charge in [-0.15, -0.1) is 0 Å². The Labute approximate surface area is 252 Å². The smallest absolute Gasteiger partial charge is 0.457 e. The van der Waals surface area contributed by atoms with Crippen molar-refractivity contribution in [1.29, 1.82) is 0 Å². The van der Waals surface area contributed by atoms with Crippen LogP contribution < -0.4 is 5.73 Å². The van der Waals surface area contributed by atoms with Crippen LogP contribution in [0.2, 0.25) is 0 Å². The molecule has 0 saturated heterocycles. The third-order valence-electron chi connectivity index (χ3n) is 6.91. The number of unbranched alkanes of at least 4 members (excludes halogenated alkanes) is 17. The summed E-state index contributed by atoms with van der Waals surface area (Å²) in [5.41, 5.74) is 5.33. The van der Waals surface area contributed by atoms with Crippen molar-refractivity contribution in [2.24, 2.45) is 5.73 Å². The number of carbonyl (C=O) groups excluding carboxylic acids is 1. The standard InChI is InChI=1S/C32H64NO7P/c1-3-5-7-9-11-13-15-16-18-20-22-24-27-37-29-31(30-39-41(35,36)38-28-26-33)40-32(34)25-23-21-19-17-14-12-10-8-6-4-2/h8,10,31H,3-7,9,11-30,33H2,1-2H3,(H,35,36)/b10-8-. The highest BCUT2D eigenvalue weighted by Crippen LogP contribution is 2.43. The second-order valence-corrected chi connectivity index (χ2v) is 12.5. The second-order valence-electron chi connectivity index (χ2n) is 11.0. The fourth-order valence-electron chi connectivity index (χ4n) is 4.47. The number of ether oxygens (including phenoxy) is 2. The summed E-state index contributed by atoms with van der Waals surface area (Å²) in [6.07, 6.45) is 27.9. The molecule has 0 fully saturated rings. The van der Waals surface area contributed by atoms with Gasteiger partial charge in [0, 0.05) is 19.6 Å².